The van der Waals surface area contributed by atoms with Crippen molar-refractivity contribution < 1.29 is 30.8 Å². The number of hydrogen-bond donors (Lipinski definition) is 0. The monoisotopic (exact) mass is 585 g/mol. The van der Waals surface area contributed by atoms with Crippen molar-refractivity contribution in [2.24, 2.45) is 13.0 Å². The summed E-state index contributed by atoms with van der Waals surface area (Å²) < 4.78 is 85.2. The Bertz CT molecular complexity index is 1790. The van der Waals surface area contributed by atoms with Gasteiger partial charge in [-0.25, -0.2) is 17.5 Å². The molecule has 2 aromatic carbocycles. The molecular formula is C28H23F4N5O3S. The number of sulfonamides is 1. The topological polar surface area (TPSA) is 90.1 Å². The lowest BCUT2D eigenvalue weighted by atomic mass is 9.71. The number of aryl methyl sites for hydroxylation is 1. The van der Waals surface area contributed by atoms with Gasteiger partial charge in [-0.3, -0.25) is 9.48 Å². The van der Waals surface area contributed by atoms with E-state index in [0.717, 1.165) is 17.7 Å². The van der Waals surface area contributed by atoms with Crippen LogP contribution in [0.15, 0.2) is 77.6 Å². The fourth-order valence-corrected chi connectivity index (χ4v) is 7.01. The zero-order valence-corrected chi connectivity index (χ0v) is 22.4. The maximum absolute atomic E-state index is 14.1. The summed E-state index contributed by atoms with van der Waals surface area (Å²) in [5.74, 6) is -2.66. The van der Waals surface area contributed by atoms with Crippen LogP contribution in [0.1, 0.15) is 39.5 Å². The molecule has 1 aliphatic carbocycles. The van der Waals surface area contributed by atoms with Crippen LogP contribution in [0.4, 0.5) is 17.6 Å². The van der Waals surface area contributed by atoms with Crippen molar-refractivity contribution in [1.29, 1.82) is 0 Å². The fraction of sp³-hybridized carbons (Fsp3) is 0.250. The zero-order valence-electron chi connectivity index (χ0n) is 21.6. The molecule has 0 spiro atoms. The lowest BCUT2D eigenvalue weighted by Crippen LogP contribution is -2.44. The highest BCUT2D eigenvalue weighted by molar-refractivity contribution is 7.89. The number of fused-ring (bicyclic) bond motifs is 2. The molecule has 2 aliphatic rings. The van der Waals surface area contributed by atoms with Crippen molar-refractivity contribution in [2.75, 3.05) is 13.1 Å². The van der Waals surface area contributed by atoms with Crippen LogP contribution in [-0.2, 0) is 23.2 Å². The lowest BCUT2D eigenvalue weighted by Gasteiger charge is -2.39. The van der Waals surface area contributed by atoms with E-state index in [-0.39, 0.29) is 23.5 Å². The van der Waals surface area contributed by atoms with Crippen molar-refractivity contribution in [3.63, 3.8) is 0 Å². The van der Waals surface area contributed by atoms with Gasteiger partial charge in [0.2, 0.25) is 10.0 Å². The average Bonchev–Trinajstić information content (AvgIpc) is 3.58. The third-order valence-electron chi connectivity index (χ3n) is 7.57. The van der Waals surface area contributed by atoms with Crippen LogP contribution < -0.4 is 0 Å². The number of carbonyl (C=O) groups excluding carboxylic acids is 1. The number of carbonyl (C=O) groups is 1. The summed E-state index contributed by atoms with van der Waals surface area (Å²) >= 11 is 0. The molecule has 0 radical (unpaired) electrons. The maximum Gasteiger partial charge on any atom is 0.416 e. The highest BCUT2D eigenvalue weighted by Crippen LogP contribution is 2.45. The van der Waals surface area contributed by atoms with E-state index < -0.39 is 45.2 Å². The highest BCUT2D eigenvalue weighted by atomic mass is 32.2. The molecule has 6 rings (SSSR count). The molecule has 3 heterocycles. The Morgan fingerprint density at radius 3 is 2.49 bits per heavy atom. The van der Waals surface area contributed by atoms with Gasteiger partial charge in [0, 0.05) is 43.4 Å². The molecule has 0 bridgehead atoms. The van der Waals surface area contributed by atoms with Crippen LogP contribution in [-0.4, -0.2) is 51.2 Å². The van der Waals surface area contributed by atoms with Crippen molar-refractivity contribution in [1.82, 2.24) is 23.9 Å². The molecule has 13 heteroatoms. The second-order valence-corrected chi connectivity index (χ2v) is 12.0. The minimum Gasteiger partial charge on any atom is -0.293 e. The van der Waals surface area contributed by atoms with E-state index in [4.69, 9.17) is 0 Å². The van der Waals surface area contributed by atoms with Gasteiger partial charge in [0.1, 0.15) is 10.7 Å². The minimum atomic E-state index is -4.65. The van der Waals surface area contributed by atoms with Gasteiger partial charge in [0.15, 0.2) is 5.78 Å². The third-order valence-corrected chi connectivity index (χ3v) is 9.39. The second-order valence-electron chi connectivity index (χ2n) is 10.1. The first-order valence-electron chi connectivity index (χ1n) is 12.7. The molecule has 4 aromatic rings. The largest absolute Gasteiger partial charge is 0.416 e. The van der Waals surface area contributed by atoms with Crippen LogP contribution in [0.3, 0.4) is 0 Å². The summed E-state index contributed by atoms with van der Waals surface area (Å²) in [5, 5.41) is 8.39. The number of alkyl halides is 3. The van der Waals surface area contributed by atoms with Gasteiger partial charge in [-0.05, 0) is 48.9 Å². The molecular weight excluding hydrogens is 562 g/mol. The molecule has 2 aromatic heterocycles. The number of hydrogen-bond acceptors (Lipinski definition) is 5. The Hall–Kier alpha value is -4.10. The first kappa shape index (κ1) is 27.1. The van der Waals surface area contributed by atoms with E-state index in [9.17, 15) is 30.8 Å². The summed E-state index contributed by atoms with van der Waals surface area (Å²) in [4.78, 5) is 14.1. The van der Waals surface area contributed by atoms with Gasteiger partial charge >= 0.3 is 6.18 Å². The number of Topliss-reactive ketones (excluding diaryl/α,β-unsaturated/α-hetero) is 1. The summed E-state index contributed by atoms with van der Waals surface area (Å²) in [5.41, 5.74) is 1.21. The van der Waals surface area contributed by atoms with E-state index >= 15 is 0 Å². The Morgan fingerprint density at radius 1 is 1.05 bits per heavy atom. The van der Waals surface area contributed by atoms with Crippen molar-refractivity contribution >= 4 is 21.9 Å². The quantitative estimate of drug-likeness (QED) is 0.247. The molecule has 0 amide bonds. The maximum atomic E-state index is 14.1. The Morgan fingerprint density at radius 2 is 1.80 bits per heavy atom. The van der Waals surface area contributed by atoms with Gasteiger partial charge in [-0.1, -0.05) is 17.7 Å². The number of halogens is 4. The van der Waals surface area contributed by atoms with Crippen LogP contribution >= 0.6 is 0 Å². The third kappa shape index (κ3) is 4.78. The lowest BCUT2D eigenvalue weighted by molar-refractivity contribution is -0.137. The van der Waals surface area contributed by atoms with Crippen molar-refractivity contribution in [3.8, 4) is 5.69 Å². The van der Waals surface area contributed by atoms with E-state index in [1.807, 2.05) is 6.08 Å². The summed E-state index contributed by atoms with van der Waals surface area (Å²) in [6.07, 6.45) is 1.60. The molecule has 41 heavy (non-hydrogen) atoms. The number of aromatic nitrogens is 4. The molecule has 1 fully saturated rings. The van der Waals surface area contributed by atoms with Gasteiger partial charge in [0.25, 0.3) is 0 Å². The van der Waals surface area contributed by atoms with Gasteiger partial charge < -0.3 is 0 Å². The predicted octanol–water partition coefficient (Wildman–Crippen LogP) is 4.84. The van der Waals surface area contributed by atoms with Crippen molar-refractivity contribution in [3.05, 3.63) is 101 Å². The summed E-state index contributed by atoms with van der Waals surface area (Å²) in [7, 11) is -2.35. The average molecular weight is 586 g/mol. The van der Waals surface area contributed by atoms with Gasteiger partial charge in [0.05, 0.1) is 35.3 Å². The molecule has 8 nitrogen and oxygen atoms in total. The van der Waals surface area contributed by atoms with Gasteiger partial charge in [-0.15, -0.1) is 0 Å². The molecule has 212 valence electrons. The SMILES string of the molecule is Cn1cc(S(=O)(=O)N2CCC3=Cc4c(cnn4-c4ccc(F)cc4)[C@@H](C(=O)c4cccc(C(F)(F)F)c4)C3C2)cn1. The fourth-order valence-electron chi connectivity index (χ4n) is 5.55. The number of benzene rings is 2. The molecule has 0 saturated carbocycles. The first-order chi connectivity index (χ1) is 19.4. The minimum absolute atomic E-state index is 0.00816. The van der Waals surface area contributed by atoms with E-state index in [0.29, 0.717) is 23.4 Å². The summed E-state index contributed by atoms with van der Waals surface area (Å²) in [6, 6.07) is 9.82. The van der Waals surface area contributed by atoms with Gasteiger partial charge in [-0.2, -0.15) is 27.7 Å². The van der Waals surface area contributed by atoms with E-state index in [1.165, 1.54) is 64.0 Å². The first-order valence-corrected chi connectivity index (χ1v) is 14.1. The Labute approximate surface area is 232 Å². The number of piperidine rings is 1. The van der Waals surface area contributed by atoms with Crippen LogP contribution in [0.2, 0.25) is 0 Å². The Balaban J connectivity index is 1.45. The zero-order chi connectivity index (χ0) is 29.1. The number of nitrogens with zero attached hydrogens (tertiary/aromatic N) is 5. The Kier molecular flexibility index (Phi) is 6.46. The number of rotatable bonds is 5. The molecule has 1 aliphatic heterocycles. The second kappa shape index (κ2) is 9.77. The molecule has 1 saturated heterocycles. The molecule has 2 atom stereocenters. The van der Waals surface area contributed by atoms with Crippen LogP contribution in [0.5, 0.6) is 0 Å². The van der Waals surface area contributed by atoms with Crippen LogP contribution in [0.25, 0.3) is 11.8 Å². The van der Waals surface area contributed by atoms with Crippen molar-refractivity contribution in [2.45, 2.75) is 23.4 Å². The highest BCUT2D eigenvalue weighted by Gasteiger charge is 2.44. The predicted molar refractivity (Wildman–Crippen MR) is 140 cm³/mol. The molecule has 1 unspecified atom stereocenters. The standard InChI is InChI=1S/C28H23F4N5O3S/c1-35-15-22(13-33-35)41(39,40)36-10-9-17-12-25-23(14-34-37(25)21-7-5-20(29)6-8-21)26(24(17)16-36)27(38)18-3-2-4-19(11-18)28(30,31)32/h2-8,11-15,24,26H,9-10,16H2,1H3/t24?,26-/m1/s1. The summed E-state index contributed by atoms with van der Waals surface area (Å²) in [6.45, 7) is 0.0870. The van der Waals surface area contributed by atoms with E-state index in [1.54, 1.807) is 11.7 Å². The molecule has 0 N–H and O–H groups in total. The van der Waals surface area contributed by atoms with E-state index in [2.05, 4.69) is 10.2 Å². The smallest absolute Gasteiger partial charge is 0.293 e. The van der Waals surface area contributed by atoms with Crippen LogP contribution in [0, 0.1) is 11.7 Å². The number of ketones is 1. The normalized spacial score (nSPS) is 19.4.